The standard InChI is InChI=1S/C15H15ClFN3O5S/c16-9-3-2-8(10(17)6-9)7-25-12-11(14(22)23)13(26-20-12)19-15(24)18-4-1-5-21/h2-3,6,21H,1,4-5,7H2,(H,22,23)(H2,18,19,24). The van der Waals surface area contributed by atoms with E-state index in [1.807, 2.05) is 0 Å². The normalized spacial score (nSPS) is 10.4. The van der Waals surface area contributed by atoms with E-state index in [0.29, 0.717) is 6.42 Å². The molecule has 0 aliphatic heterocycles. The van der Waals surface area contributed by atoms with Crippen molar-refractivity contribution in [3.63, 3.8) is 0 Å². The maximum Gasteiger partial charge on any atom is 0.344 e. The highest BCUT2D eigenvalue weighted by Gasteiger charge is 2.23. The van der Waals surface area contributed by atoms with Gasteiger partial charge in [-0.1, -0.05) is 17.7 Å². The molecule has 0 spiro atoms. The van der Waals surface area contributed by atoms with Gasteiger partial charge < -0.3 is 20.3 Å². The summed E-state index contributed by atoms with van der Waals surface area (Å²) in [5.74, 6) is -2.18. The maximum absolute atomic E-state index is 13.8. The molecule has 140 valence electrons. The summed E-state index contributed by atoms with van der Waals surface area (Å²) in [5, 5.41) is 23.0. The summed E-state index contributed by atoms with van der Waals surface area (Å²) in [4.78, 5) is 23.2. The van der Waals surface area contributed by atoms with Gasteiger partial charge in [0.25, 0.3) is 0 Å². The number of carboxylic acids is 1. The number of nitrogens with zero attached hydrogens (tertiary/aromatic N) is 1. The van der Waals surface area contributed by atoms with E-state index >= 15 is 0 Å². The number of benzene rings is 1. The van der Waals surface area contributed by atoms with Crippen LogP contribution in [0.4, 0.5) is 14.2 Å². The number of anilines is 1. The van der Waals surface area contributed by atoms with Crippen LogP contribution >= 0.6 is 23.1 Å². The van der Waals surface area contributed by atoms with Gasteiger partial charge in [0.05, 0.1) is 0 Å². The van der Waals surface area contributed by atoms with Gasteiger partial charge in [-0.25, -0.2) is 14.0 Å². The number of carboxylic acid groups (broad SMARTS) is 1. The molecule has 0 saturated carbocycles. The van der Waals surface area contributed by atoms with Crippen molar-refractivity contribution in [2.24, 2.45) is 0 Å². The Kier molecular flexibility index (Phi) is 7.13. The number of rotatable bonds is 8. The van der Waals surface area contributed by atoms with Crippen LogP contribution < -0.4 is 15.4 Å². The number of halogens is 2. The number of carbonyl (C=O) groups is 2. The van der Waals surface area contributed by atoms with Crippen LogP contribution in [0.1, 0.15) is 22.3 Å². The van der Waals surface area contributed by atoms with Gasteiger partial charge in [0, 0.05) is 23.7 Å². The lowest BCUT2D eigenvalue weighted by molar-refractivity contribution is 0.0693. The Labute approximate surface area is 156 Å². The Hall–Kier alpha value is -2.43. The second-order valence-corrected chi connectivity index (χ2v) is 6.19. The van der Waals surface area contributed by atoms with Gasteiger partial charge in [-0.05, 0) is 30.1 Å². The number of hydrogen-bond donors (Lipinski definition) is 4. The molecule has 8 nitrogen and oxygen atoms in total. The topological polar surface area (TPSA) is 121 Å². The van der Waals surface area contributed by atoms with E-state index in [9.17, 15) is 19.1 Å². The van der Waals surface area contributed by atoms with Crippen LogP contribution in [-0.4, -0.2) is 39.7 Å². The number of amides is 2. The fraction of sp³-hybridized carbons (Fsp3) is 0.267. The molecule has 0 bridgehead atoms. The van der Waals surface area contributed by atoms with E-state index in [1.165, 1.54) is 12.1 Å². The van der Waals surface area contributed by atoms with E-state index < -0.39 is 17.8 Å². The Morgan fingerprint density at radius 2 is 2.15 bits per heavy atom. The van der Waals surface area contributed by atoms with Gasteiger partial charge in [0.15, 0.2) is 5.56 Å². The molecule has 0 radical (unpaired) electrons. The number of aromatic carboxylic acids is 1. The fourth-order valence-corrected chi connectivity index (χ4v) is 2.74. The second kappa shape index (κ2) is 9.32. The van der Waals surface area contributed by atoms with Gasteiger partial charge in [-0.15, -0.1) is 0 Å². The van der Waals surface area contributed by atoms with Crippen LogP contribution in [0.25, 0.3) is 0 Å². The van der Waals surface area contributed by atoms with Gasteiger partial charge >= 0.3 is 12.0 Å². The van der Waals surface area contributed by atoms with E-state index in [-0.39, 0.29) is 46.8 Å². The first-order chi connectivity index (χ1) is 12.4. The number of aromatic nitrogens is 1. The molecule has 0 aliphatic carbocycles. The Balaban J connectivity index is 2.08. The lowest BCUT2D eigenvalue weighted by Crippen LogP contribution is -2.30. The van der Waals surface area contributed by atoms with Crippen LogP contribution in [0, 0.1) is 5.82 Å². The van der Waals surface area contributed by atoms with Crippen LogP contribution in [0.2, 0.25) is 5.02 Å². The summed E-state index contributed by atoms with van der Waals surface area (Å²) < 4.78 is 22.9. The molecular weight excluding hydrogens is 389 g/mol. The average Bonchev–Trinajstić information content (AvgIpc) is 2.97. The monoisotopic (exact) mass is 403 g/mol. The number of hydrogen-bond acceptors (Lipinski definition) is 6. The first-order valence-electron chi connectivity index (χ1n) is 7.37. The van der Waals surface area contributed by atoms with Crippen LogP contribution in [0.5, 0.6) is 5.88 Å². The molecule has 0 saturated heterocycles. The van der Waals surface area contributed by atoms with Crippen molar-refractivity contribution in [3.05, 3.63) is 40.2 Å². The summed E-state index contributed by atoms with van der Waals surface area (Å²) in [6.45, 7) is -0.113. The Bertz CT molecular complexity index is 802. The highest BCUT2D eigenvalue weighted by Crippen LogP contribution is 2.31. The highest BCUT2D eigenvalue weighted by atomic mass is 35.5. The van der Waals surface area contributed by atoms with E-state index in [1.54, 1.807) is 0 Å². The van der Waals surface area contributed by atoms with Crippen molar-refractivity contribution in [1.29, 1.82) is 0 Å². The molecule has 26 heavy (non-hydrogen) atoms. The fourth-order valence-electron chi connectivity index (χ4n) is 1.86. The number of urea groups is 1. The van der Waals surface area contributed by atoms with E-state index in [0.717, 1.165) is 17.6 Å². The molecule has 2 amide bonds. The summed E-state index contributed by atoms with van der Waals surface area (Å²) in [7, 11) is 0. The predicted molar refractivity (Wildman–Crippen MR) is 93.5 cm³/mol. The molecule has 11 heteroatoms. The number of ether oxygens (including phenoxy) is 1. The molecular formula is C15H15ClFN3O5S. The SMILES string of the molecule is O=C(NCCCO)Nc1snc(OCc2ccc(Cl)cc2F)c1C(=O)O. The lowest BCUT2D eigenvalue weighted by atomic mass is 10.2. The molecule has 1 heterocycles. The third kappa shape index (κ3) is 5.28. The summed E-state index contributed by atoms with van der Waals surface area (Å²) >= 11 is 6.39. The zero-order valence-electron chi connectivity index (χ0n) is 13.3. The summed E-state index contributed by atoms with van der Waals surface area (Å²) in [6.07, 6.45) is 0.364. The second-order valence-electron chi connectivity index (χ2n) is 4.98. The molecule has 2 rings (SSSR count). The minimum Gasteiger partial charge on any atom is -0.477 e. The molecule has 0 aliphatic rings. The van der Waals surface area contributed by atoms with Crippen molar-refractivity contribution in [2.75, 3.05) is 18.5 Å². The maximum atomic E-state index is 13.8. The Morgan fingerprint density at radius 1 is 1.38 bits per heavy atom. The number of carbonyl (C=O) groups excluding carboxylic acids is 1. The van der Waals surface area contributed by atoms with Crippen LogP contribution in [-0.2, 0) is 6.61 Å². The summed E-state index contributed by atoms with van der Waals surface area (Å²) in [6, 6.07) is 3.37. The zero-order valence-corrected chi connectivity index (χ0v) is 14.9. The Morgan fingerprint density at radius 3 is 2.81 bits per heavy atom. The number of aliphatic hydroxyl groups is 1. The van der Waals surface area contributed by atoms with Gasteiger partial charge in [-0.3, -0.25) is 5.32 Å². The predicted octanol–water partition coefficient (Wildman–Crippen LogP) is 2.72. The number of nitrogens with one attached hydrogen (secondary N) is 2. The molecule has 1 aromatic carbocycles. The van der Waals surface area contributed by atoms with Crippen molar-refractivity contribution < 1.29 is 28.9 Å². The first kappa shape index (κ1) is 19.9. The van der Waals surface area contributed by atoms with Crippen LogP contribution in [0.15, 0.2) is 18.2 Å². The number of aliphatic hydroxyl groups excluding tert-OH is 1. The molecule has 0 fully saturated rings. The lowest BCUT2D eigenvalue weighted by Gasteiger charge is -2.07. The highest BCUT2D eigenvalue weighted by molar-refractivity contribution is 7.11. The summed E-state index contributed by atoms with van der Waals surface area (Å²) in [5.41, 5.74) is -0.156. The van der Waals surface area contributed by atoms with Gasteiger partial charge in [0.2, 0.25) is 5.88 Å². The average molecular weight is 404 g/mol. The largest absolute Gasteiger partial charge is 0.477 e. The molecule has 2 aromatic rings. The van der Waals surface area contributed by atoms with Crippen LogP contribution in [0.3, 0.4) is 0 Å². The van der Waals surface area contributed by atoms with Crippen molar-refractivity contribution in [1.82, 2.24) is 9.69 Å². The third-order valence-corrected chi connectivity index (χ3v) is 4.08. The van der Waals surface area contributed by atoms with E-state index in [4.69, 9.17) is 21.4 Å². The zero-order chi connectivity index (χ0) is 19.1. The van der Waals surface area contributed by atoms with Crippen molar-refractivity contribution in [2.45, 2.75) is 13.0 Å². The van der Waals surface area contributed by atoms with Crippen molar-refractivity contribution >= 4 is 40.1 Å². The molecule has 0 atom stereocenters. The minimum atomic E-state index is -1.35. The third-order valence-electron chi connectivity index (χ3n) is 3.10. The smallest absolute Gasteiger partial charge is 0.344 e. The molecule has 0 unspecified atom stereocenters. The molecule has 1 aromatic heterocycles. The minimum absolute atomic E-state index is 0.0226. The van der Waals surface area contributed by atoms with Gasteiger partial charge in [0.1, 0.15) is 17.4 Å². The molecule has 4 N–H and O–H groups in total. The van der Waals surface area contributed by atoms with E-state index in [2.05, 4.69) is 15.0 Å². The quantitative estimate of drug-likeness (QED) is 0.503. The van der Waals surface area contributed by atoms with Gasteiger partial charge in [-0.2, -0.15) is 4.37 Å². The van der Waals surface area contributed by atoms with Crippen molar-refractivity contribution in [3.8, 4) is 5.88 Å². The first-order valence-corrected chi connectivity index (χ1v) is 8.53.